The third kappa shape index (κ3) is 3.26. The monoisotopic (exact) mass is 370 g/mol. The second-order valence-corrected chi connectivity index (χ2v) is 7.46. The number of nitrogens with zero attached hydrogens (tertiary/aromatic N) is 2. The molecule has 3 heterocycles. The van der Waals surface area contributed by atoms with E-state index in [0.717, 1.165) is 36.4 Å². The Bertz CT molecular complexity index is 837. The fourth-order valence-corrected chi connectivity index (χ4v) is 4.11. The van der Waals surface area contributed by atoms with Crippen LogP contribution in [0, 0.1) is 0 Å². The lowest BCUT2D eigenvalue weighted by Crippen LogP contribution is -2.54. The molecule has 2 saturated heterocycles. The summed E-state index contributed by atoms with van der Waals surface area (Å²) < 4.78 is 0. The van der Waals surface area contributed by atoms with Crippen molar-refractivity contribution in [1.82, 2.24) is 15.1 Å². The number of nitrogens with one attached hydrogen (secondary N) is 1. The average Bonchev–Trinajstić information content (AvgIpc) is 2.86. The van der Waals surface area contributed by atoms with Crippen LogP contribution in [0.3, 0.4) is 0 Å². The normalized spacial score (nSPS) is 26.3. The molecule has 27 heavy (non-hydrogen) atoms. The number of imide groups is 2. The standard InChI is InChI=1S/C19H22N4O4/c20-12-2-1-7-22(10-12)9-11-3-4-13-14(8-11)19(27)23(18(13)26)15-5-6-16(24)21-17(15)25/h3-4,8,12,15H,1-2,5-7,9-10,20H2,(H,21,24,25)/t12-,15?/m1/s1. The molecule has 2 atom stereocenters. The smallest absolute Gasteiger partial charge is 0.262 e. The first-order valence-electron chi connectivity index (χ1n) is 9.26. The fraction of sp³-hybridized carbons (Fsp3) is 0.474. The molecule has 0 saturated carbocycles. The molecule has 4 amide bonds. The Morgan fingerprint density at radius 2 is 1.85 bits per heavy atom. The number of amides is 4. The van der Waals surface area contributed by atoms with Crippen molar-refractivity contribution in [1.29, 1.82) is 0 Å². The van der Waals surface area contributed by atoms with Gasteiger partial charge in [0.15, 0.2) is 0 Å². The van der Waals surface area contributed by atoms with Crippen LogP contribution in [0.2, 0.25) is 0 Å². The zero-order valence-electron chi connectivity index (χ0n) is 14.9. The summed E-state index contributed by atoms with van der Waals surface area (Å²) in [7, 11) is 0. The van der Waals surface area contributed by atoms with Crippen LogP contribution in [0.25, 0.3) is 0 Å². The van der Waals surface area contributed by atoms with Gasteiger partial charge in [0.25, 0.3) is 11.8 Å². The Labute approximate surface area is 156 Å². The fourth-order valence-electron chi connectivity index (χ4n) is 4.11. The number of rotatable bonds is 3. The molecule has 8 nitrogen and oxygen atoms in total. The first kappa shape index (κ1) is 17.8. The number of nitrogens with two attached hydrogens (primary N) is 1. The minimum atomic E-state index is -0.932. The van der Waals surface area contributed by atoms with Crippen molar-refractivity contribution >= 4 is 23.6 Å². The Hall–Kier alpha value is -2.58. The summed E-state index contributed by atoms with van der Waals surface area (Å²) in [6, 6.07) is 4.47. The summed E-state index contributed by atoms with van der Waals surface area (Å²) in [5.74, 6) is -1.92. The van der Waals surface area contributed by atoms with Crippen LogP contribution in [0.1, 0.15) is 52.0 Å². The molecule has 142 valence electrons. The molecule has 0 aliphatic carbocycles. The molecule has 3 N–H and O–H groups in total. The van der Waals surface area contributed by atoms with Gasteiger partial charge in [0.05, 0.1) is 11.1 Å². The van der Waals surface area contributed by atoms with Gasteiger partial charge in [0.1, 0.15) is 6.04 Å². The Morgan fingerprint density at radius 3 is 2.59 bits per heavy atom. The quantitative estimate of drug-likeness (QED) is 0.725. The van der Waals surface area contributed by atoms with Gasteiger partial charge < -0.3 is 5.73 Å². The van der Waals surface area contributed by atoms with Crippen LogP contribution in [-0.4, -0.2) is 58.6 Å². The summed E-state index contributed by atoms with van der Waals surface area (Å²) in [6.45, 7) is 2.44. The lowest BCUT2D eigenvalue weighted by Gasteiger charge is -2.30. The van der Waals surface area contributed by atoms with Gasteiger partial charge in [-0.3, -0.25) is 34.3 Å². The molecule has 0 bridgehead atoms. The highest BCUT2D eigenvalue weighted by Gasteiger charge is 2.44. The van der Waals surface area contributed by atoms with E-state index in [2.05, 4.69) is 10.2 Å². The van der Waals surface area contributed by atoms with Gasteiger partial charge in [-0.15, -0.1) is 0 Å². The van der Waals surface area contributed by atoms with Crippen LogP contribution in [0.15, 0.2) is 18.2 Å². The van der Waals surface area contributed by atoms with E-state index in [9.17, 15) is 19.2 Å². The Morgan fingerprint density at radius 1 is 1.07 bits per heavy atom. The van der Waals surface area contributed by atoms with Gasteiger partial charge in [-0.1, -0.05) is 6.07 Å². The molecule has 1 aromatic rings. The van der Waals surface area contributed by atoms with Crippen LogP contribution in [0.5, 0.6) is 0 Å². The largest absolute Gasteiger partial charge is 0.327 e. The highest BCUT2D eigenvalue weighted by Crippen LogP contribution is 2.28. The van der Waals surface area contributed by atoms with Gasteiger partial charge in [0, 0.05) is 25.6 Å². The maximum absolute atomic E-state index is 12.8. The third-order valence-electron chi connectivity index (χ3n) is 5.45. The zero-order valence-corrected chi connectivity index (χ0v) is 14.9. The minimum Gasteiger partial charge on any atom is -0.327 e. The van der Waals surface area contributed by atoms with E-state index in [1.165, 1.54) is 0 Å². The SMILES string of the molecule is N[C@@H]1CCCN(Cc2ccc3c(c2)C(=O)N(C2CCC(=O)NC2=O)C3=O)C1. The third-order valence-corrected chi connectivity index (χ3v) is 5.45. The number of hydrogen-bond acceptors (Lipinski definition) is 6. The van der Waals surface area contributed by atoms with Crippen molar-refractivity contribution < 1.29 is 19.2 Å². The number of likely N-dealkylation sites (tertiary alicyclic amines) is 1. The topological polar surface area (TPSA) is 113 Å². The predicted molar refractivity (Wildman–Crippen MR) is 95.6 cm³/mol. The summed E-state index contributed by atoms with van der Waals surface area (Å²) in [4.78, 5) is 52.2. The van der Waals surface area contributed by atoms with E-state index >= 15 is 0 Å². The van der Waals surface area contributed by atoms with E-state index < -0.39 is 23.8 Å². The van der Waals surface area contributed by atoms with Crippen LogP contribution in [-0.2, 0) is 16.1 Å². The molecule has 0 spiro atoms. The molecule has 1 aromatic carbocycles. The van der Waals surface area contributed by atoms with Crippen molar-refractivity contribution in [3.63, 3.8) is 0 Å². The lowest BCUT2D eigenvalue weighted by molar-refractivity contribution is -0.136. The van der Waals surface area contributed by atoms with Crippen LogP contribution in [0.4, 0.5) is 0 Å². The molecule has 4 rings (SSSR count). The molecule has 3 aliphatic heterocycles. The number of piperidine rings is 2. The van der Waals surface area contributed by atoms with E-state index in [1.54, 1.807) is 12.1 Å². The van der Waals surface area contributed by atoms with Crippen molar-refractivity contribution in [2.45, 2.75) is 44.3 Å². The van der Waals surface area contributed by atoms with Gasteiger partial charge in [-0.2, -0.15) is 0 Å². The van der Waals surface area contributed by atoms with Gasteiger partial charge in [-0.25, -0.2) is 0 Å². The number of benzene rings is 1. The average molecular weight is 370 g/mol. The maximum atomic E-state index is 12.8. The van der Waals surface area contributed by atoms with Gasteiger partial charge >= 0.3 is 0 Å². The van der Waals surface area contributed by atoms with Gasteiger partial charge in [-0.05, 0) is 43.5 Å². The number of carbonyl (C=O) groups excluding carboxylic acids is 4. The van der Waals surface area contributed by atoms with Crippen LogP contribution < -0.4 is 11.1 Å². The second kappa shape index (κ2) is 6.86. The first-order chi connectivity index (χ1) is 12.9. The number of fused-ring (bicyclic) bond motifs is 1. The molecular formula is C19H22N4O4. The van der Waals surface area contributed by atoms with Crippen molar-refractivity contribution in [2.24, 2.45) is 5.73 Å². The van der Waals surface area contributed by atoms with E-state index in [-0.39, 0.29) is 24.8 Å². The molecule has 8 heteroatoms. The van der Waals surface area contributed by atoms with Gasteiger partial charge in [0.2, 0.25) is 11.8 Å². The lowest BCUT2D eigenvalue weighted by atomic mass is 10.0. The Balaban J connectivity index is 1.54. The molecule has 0 aromatic heterocycles. The summed E-state index contributed by atoms with van der Waals surface area (Å²) in [5.41, 5.74) is 7.59. The highest BCUT2D eigenvalue weighted by molar-refractivity contribution is 6.23. The summed E-state index contributed by atoms with van der Waals surface area (Å²) in [5, 5.41) is 2.20. The zero-order chi connectivity index (χ0) is 19.1. The predicted octanol–water partition coefficient (Wildman–Crippen LogP) is 0.0109. The van der Waals surface area contributed by atoms with E-state index in [1.807, 2.05) is 6.07 Å². The molecule has 3 aliphatic rings. The molecular weight excluding hydrogens is 348 g/mol. The first-order valence-corrected chi connectivity index (χ1v) is 9.26. The number of hydrogen-bond donors (Lipinski definition) is 2. The van der Waals surface area contributed by atoms with Crippen molar-refractivity contribution in [3.05, 3.63) is 34.9 Å². The minimum absolute atomic E-state index is 0.115. The van der Waals surface area contributed by atoms with Crippen molar-refractivity contribution in [2.75, 3.05) is 13.1 Å². The maximum Gasteiger partial charge on any atom is 0.262 e. The summed E-state index contributed by atoms with van der Waals surface area (Å²) >= 11 is 0. The number of carbonyl (C=O) groups is 4. The second-order valence-electron chi connectivity index (χ2n) is 7.46. The van der Waals surface area contributed by atoms with E-state index in [0.29, 0.717) is 17.7 Å². The van der Waals surface area contributed by atoms with Crippen LogP contribution >= 0.6 is 0 Å². The Kier molecular flexibility index (Phi) is 4.53. The molecule has 2 fully saturated rings. The van der Waals surface area contributed by atoms with E-state index in [4.69, 9.17) is 5.73 Å². The highest BCUT2D eigenvalue weighted by atomic mass is 16.2. The molecule has 0 radical (unpaired) electrons. The molecule has 1 unspecified atom stereocenters. The summed E-state index contributed by atoms with van der Waals surface area (Å²) in [6.07, 6.45) is 2.35. The van der Waals surface area contributed by atoms with Crippen molar-refractivity contribution in [3.8, 4) is 0 Å².